The first-order chi connectivity index (χ1) is 7.36. The van der Waals surface area contributed by atoms with Gasteiger partial charge in [0.25, 0.3) is 0 Å². The second-order valence-electron chi connectivity index (χ2n) is 4.90. The van der Waals surface area contributed by atoms with Crippen molar-refractivity contribution >= 4 is 0 Å². The SMILES string of the molecule is CC1COCCN1CCCCNC1CC1. The van der Waals surface area contributed by atoms with Crippen LogP contribution in [0.4, 0.5) is 0 Å². The fourth-order valence-corrected chi connectivity index (χ4v) is 2.13. The van der Waals surface area contributed by atoms with Gasteiger partial charge in [-0.1, -0.05) is 0 Å². The highest BCUT2D eigenvalue weighted by molar-refractivity contribution is 4.80. The van der Waals surface area contributed by atoms with E-state index in [0.29, 0.717) is 6.04 Å². The summed E-state index contributed by atoms with van der Waals surface area (Å²) in [5.41, 5.74) is 0. The number of hydrogen-bond acceptors (Lipinski definition) is 3. The number of ether oxygens (including phenoxy) is 1. The topological polar surface area (TPSA) is 24.5 Å². The van der Waals surface area contributed by atoms with Gasteiger partial charge in [0, 0.05) is 18.6 Å². The van der Waals surface area contributed by atoms with Crippen molar-refractivity contribution in [3.8, 4) is 0 Å². The molecule has 1 aliphatic carbocycles. The van der Waals surface area contributed by atoms with Gasteiger partial charge >= 0.3 is 0 Å². The van der Waals surface area contributed by atoms with Gasteiger partial charge in [0.1, 0.15) is 0 Å². The summed E-state index contributed by atoms with van der Waals surface area (Å²) in [7, 11) is 0. The number of morpholine rings is 1. The van der Waals surface area contributed by atoms with Gasteiger partial charge in [-0.2, -0.15) is 0 Å². The van der Waals surface area contributed by atoms with E-state index in [9.17, 15) is 0 Å². The summed E-state index contributed by atoms with van der Waals surface area (Å²) in [6, 6.07) is 1.49. The zero-order valence-corrected chi connectivity index (χ0v) is 9.87. The van der Waals surface area contributed by atoms with Crippen LogP contribution in [0.2, 0.25) is 0 Å². The highest BCUT2D eigenvalue weighted by atomic mass is 16.5. The summed E-state index contributed by atoms with van der Waals surface area (Å²) in [4.78, 5) is 2.56. The molecule has 0 spiro atoms. The van der Waals surface area contributed by atoms with E-state index in [0.717, 1.165) is 25.8 Å². The zero-order valence-electron chi connectivity index (χ0n) is 9.87. The summed E-state index contributed by atoms with van der Waals surface area (Å²) >= 11 is 0. The van der Waals surface area contributed by atoms with Crippen molar-refractivity contribution in [3.63, 3.8) is 0 Å². The minimum absolute atomic E-state index is 0.621. The molecule has 1 aliphatic heterocycles. The molecule has 2 fully saturated rings. The van der Waals surface area contributed by atoms with Gasteiger partial charge in [-0.25, -0.2) is 0 Å². The Morgan fingerprint density at radius 2 is 2.20 bits per heavy atom. The molecule has 3 heteroatoms. The zero-order chi connectivity index (χ0) is 10.5. The highest BCUT2D eigenvalue weighted by Crippen LogP contribution is 2.18. The average Bonchev–Trinajstić information content (AvgIpc) is 3.04. The minimum Gasteiger partial charge on any atom is -0.379 e. The van der Waals surface area contributed by atoms with Gasteiger partial charge in [0.2, 0.25) is 0 Å². The van der Waals surface area contributed by atoms with E-state index in [4.69, 9.17) is 4.74 Å². The third kappa shape index (κ3) is 4.09. The highest BCUT2D eigenvalue weighted by Gasteiger charge is 2.20. The Kier molecular flexibility index (Phi) is 4.42. The normalized spacial score (nSPS) is 28.2. The minimum atomic E-state index is 0.621. The van der Waals surface area contributed by atoms with Crippen molar-refractivity contribution in [3.05, 3.63) is 0 Å². The Bertz CT molecular complexity index is 182. The Balaban J connectivity index is 1.48. The summed E-state index contributed by atoms with van der Waals surface area (Å²) in [6.45, 7) is 7.68. The Hall–Kier alpha value is -0.120. The van der Waals surface area contributed by atoms with E-state index >= 15 is 0 Å². The molecule has 1 unspecified atom stereocenters. The number of unbranched alkanes of at least 4 members (excludes halogenated alkanes) is 1. The van der Waals surface area contributed by atoms with Crippen LogP contribution in [0.3, 0.4) is 0 Å². The maximum atomic E-state index is 5.43. The van der Waals surface area contributed by atoms with Crippen LogP contribution in [0.5, 0.6) is 0 Å². The average molecular weight is 212 g/mol. The second-order valence-corrected chi connectivity index (χ2v) is 4.90. The number of nitrogens with one attached hydrogen (secondary N) is 1. The van der Waals surface area contributed by atoms with Crippen LogP contribution in [-0.4, -0.2) is 49.8 Å². The molecule has 2 rings (SSSR count). The molecule has 0 amide bonds. The Morgan fingerprint density at radius 3 is 2.93 bits per heavy atom. The van der Waals surface area contributed by atoms with Gasteiger partial charge in [-0.05, 0) is 45.7 Å². The lowest BCUT2D eigenvalue weighted by atomic mass is 10.2. The maximum absolute atomic E-state index is 5.43. The fourth-order valence-electron chi connectivity index (χ4n) is 2.13. The molecule has 1 heterocycles. The lowest BCUT2D eigenvalue weighted by molar-refractivity contribution is -0.000837. The molecule has 1 saturated carbocycles. The quantitative estimate of drug-likeness (QED) is 0.670. The maximum Gasteiger partial charge on any atom is 0.0619 e. The van der Waals surface area contributed by atoms with Crippen molar-refractivity contribution < 1.29 is 4.74 Å². The van der Waals surface area contributed by atoms with Crippen molar-refractivity contribution in [2.24, 2.45) is 0 Å². The summed E-state index contributed by atoms with van der Waals surface area (Å²) in [5.74, 6) is 0. The van der Waals surface area contributed by atoms with Crippen LogP contribution >= 0.6 is 0 Å². The van der Waals surface area contributed by atoms with Gasteiger partial charge < -0.3 is 10.1 Å². The van der Waals surface area contributed by atoms with Crippen molar-refractivity contribution in [2.45, 2.75) is 44.7 Å². The van der Waals surface area contributed by atoms with E-state index in [1.165, 1.54) is 38.8 Å². The van der Waals surface area contributed by atoms with E-state index in [1.807, 2.05) is 0 Å². The lowest BCUT2D eigenvalue weighted by Crippen LogP contribution is -2.44. The molecular formula is C12H24N2O. The molecule has 3 nitrogen and oxygen atoms in total. The molecule has 1 N–H and O–H groups in total. The van der Waals surface area contributed by atoms with E-state index in [1.54, 1.807) is 0 Å². The summed E-state index contributed by atoms with van der Waals surface area (Å²) in [6.07, 6.45) is 5.45. The lowest BCUT2D eigenvalue weighted by Gasteiger charge is -2.33. The molecule has 88 valence electrons. The third-order valence-electron chi connectivity index (χ3n) is 3.39. The molecule has 1 atom stereocenters. The van der Waals surface area contributed by atoms with E-state index in [-0.39, 0.29) is 0 Å². The van der Waals surface area contributed by atoms with E-state index < -0.39 is 0 Å². The summed E-state index contributed by atoms with van der Waals surface area (Å²) < 4.78 is 5.43. The molecule has 0 aromatic heterocycles. The molecule has 1 saturated heterocycles. The number of nitrogens with zero attached hydrogens (tertiary/aromatic N) is 1. The van der Waals surface area contributed by atoms with Gasteiger partial charge in [0.15, 0.2) is 0 Å². The molecule has 0 aromatic rings. The fraction of sp³-hybridized carbons (Fsp3) is 1.00. The number of hydrogen-bond donors (Lipinski definition) is 1. The third-order valence-corrected chi connectivity index (χ3v) is 3.39. The predicted molar refractivity (Wildman–Crippen MR) is 62.1 cm³/mol. The van der Waals surface area contributed by atoms with Crippen LogP contribution < -0.4 is 5.32 Å². The molecule has 2 aliphatic rings. The molecule has 0 aromatic carbocycles. The smallest absolute Gasteiger partial charge is 0.0619 e. The Labute approximate surface area is 93.2 Å². The second kappa shape index (κ2) is 5.83. The van der Waals surface area contributed by atoms with Crippen molar-refractivity contribution in [2.75, 3.05) is 32.8 Å². The van der Waals surface area contributed by atoms with Crippen molar-refractivity contribution in [1.29, 1.82) is 0 Å². The Morgan fingerprint density at radius 1 is 1.33 bits per heavy atom. The molecule has 0 radical (unpaired) electrons. The number of rotatable bonds is 6. The van der Waals surface area contributed by atoms with Crippen LogP contribution in [0.15, 0.2) is 0 Å². The van der Waals surface area contributed by atoms with E-state index in [2.05, 4.69) is 17.1 Å². The van der Waals surface area contributed by atoms with Crippen LogP contribution in [-0.2, 0) is 4.74 Å². The first-order valence-electron chi connectivity index (χ1n) is 6.41. The predicted octanol–water partition coefficient (Wildman–Crippen LogP) is 1.24. The first-order valence-corrected chi connectivity index (χ1v) is 6.41. The van der Waals surface area contributed by atoms with Crippen LogP contribution in [0.25, 0.3) is 0 Å². The van der Waals surface area contributed by atoms with Crippen LogP contribution in [0, 0.1) is 0 Å². The summed E-state index contributed by atoms with van der Waals surface area (Å²) in [5, 5.41) is 3.56. The molecule has 15 heavy (non-hydrogen) atoms. The van der Waals surface area contributed by atoms with Crippen molar-refractivity contribution in [1.82, 2.24) is 10.2 Å². The van der Waals surface area contributed by atoms with Gasteiger partial charge in [-0.15, -0.1) is 0 Å². The first kappa shape index (κ1) is 11.4. The van der Waals surface area contributed by atoms with Gasteiger partial charge in [-0.3, -0.25) is 4.90 Å². The molecular weight excluding hydrogens is 188 g/mol. The molecule has 0 bridgehead atoms. The van der Waals surface area contributed by atoms with Gasteiger partial charge in [0.05, 0.1) is 13.2 Å². The monoisotopic (exact) mass is 212 g/mol. The largest absolute Gasteiger partial charge is 0.379 e. The van der Waals surface area contributed by atoms with Crippen LogP contribution in [0.1, 0.15) is 32.6 Å². The standard InChI is InChI=1S/C12H24N2O/c1-11-10-15-9-8-14(11)7-3-2-6-13-12-4-5-12/h11-13H,2-10H2,1H3.